The molecule has 3 heterocycles. The molecule has 50 heavy (non-hydrogen) atoms. The second kappa shape index (κ2) is 20.4. The van der Waals surface area contributed by atoms with Gasteiger partial charge in [0.05, 0.1) is 38.1 Å². The number of carbonyl (C=O) groups is 4. The first-order valence-electron chi connectivity index (χ1n) is 18.7. The van der Waals surface area contributed by atoms with Crippen LogP contribution in [0.15, 0.2) is 0 Å². The van der Waals surface area contributed by atoms with Crippen molar-refractivity contribution in [2.24, 2.45) is 5.92 Å². The second-order valence-electron chi connectivity index (χ2n) is 14.9. The highest BCUT2D eigenvalue weighted by molar-refractivity contribution is 7.80. The summed E-state index contributed by atoms with van der Waals surface area (Å²) in [5.74, 6) is -1.70. The van der Waals surface area contributed by atoms with E-state index in [9.17, 15) is 32.1 Å². The van der Waals surface area contributed by atoms with Gasteiger partial charge in [0.2, 0.25) is 16.3 Å². The van der Waals surface area contributed by atoms with Gasteiger partial charge < -0.3 is 23.6 Å². The Kier molecular flexibility index (Phi) is 17.7. The highest BCUT2D eigenvalue weighted by Crippen LogP contribution is 2.30. The quantitative estimate of drug-likeness (QED) is 0.100. The van der Waals surface area contributed by atoms with E-state index < -0.39 is 57.9 Å². The number of piperidine rings is 2. The number of carbonyl (C=O) groups excluding carboxylic acids is 4. The van der Waals surface area contributed by atoms with E-state index in [1.54, 1.807) is 20.8 Å². The minimum atomic E-state index is -5.14. The van der Waals surface area contributed by atoms with Crippen molar-refractivity contribution in [3.05, 3.63) is 0 Å². The molecule has 16 heteroatoms. The summed E-state index contributed by atoms with van der Waals surface area (Å²) in [6.07, 6.45) is 12.1. The topological polar surface area (TPSA) is 178 Å². The molecule has 0 unspecified atom stereocenters. The number of nitrogens with zero attached hydrogens (tertiary/aromatic N) is 4. The van der Waals surface area contributed by atoms with Gasteiger partial charge in [-0.2, -0.15) is 9.35 Å². The Morgan fingerprint density at radius 3 is 1.84 bits per heavy atom. The molecule has 15 nitrogen and oxygen atoms in total. The number of rotatable bonds is 16. The van der Waals surface area contributed by atoms with Gasteiger partial charge in [-0.3, -0.25) is 20.4 Å². The highest BCUT2D eigenvalue weighted by Gasteiger charge is 2.49. The van der Waals surface area contributed by atoms with Crippen molar-refractivity contribution < 1.29 is 45.7 Å². The number of quaternary nitrogens is 1. The number of nitrogens with one attached hydrogen (secondary N) is 2. The van der Waals surface area contributed by atoms with Gasteiger partial charge in [-0.15, -0.1) is 0 Å². The Morgan fingerprint density at radius 1 is 0.840 bits per heavy atom. The molecule has 3 fully saturated rings. The maximum absolute atomic E-state index is 12.6. The van der Waals surface area contributed by atoms with Crippen molar-refractivity contribution in [1.82, 2.24) is 25.7 Å². The molecule has 0 aromatic carbocycles. The van der Waals surface area contributed by atoms with Gasteiger partial charge in [0.15, 0.2) is 0 Å². The number of hydrazine groups is 1. The number of likely N-dealkylation sites (tertiary alicyclic amines) is 1. The van der Waals surface area contributed by atoms with Gasteiger partial charge in [0, 0.05) is 19.6 Å². The number of urea groups is 1. The van der Waals surface area contributed by atoms with E-state index in [1.807, 2.05) is 0 Å². The third-order valence-corrected chi connectivity index (χ3v) is 9.84. The molecule has 2 N–H and O–H groups in total. The smallest absolute Gasteiger partial charge is 0.410 e. The number of hydroxylamine groups is 2. The molecule has 3 aliphatic heterocycles. The van der Waals surface area contributed by atoms with E-state index in [4.69, 9.17) is 4.74 Å². The van der Waals surface area contributed by atoms with Gasteiger partial charge in [0.25, 0.3) is 5.91 Å². The zero-order chi connectivity index (χ0) is 37.5. The highest BCUT2D eigenvalue weighted by atomic mass is 32.3. The number of ether oxygens (including phenoxy) is 1. The molecule has 0 aromatic heterocycles. The maximum atomic E-state index is 12.6. The van der Waals surface area contributed by atoms with Crippen LogP contribution in [0.1, 0.15) is 126 Å². The molecule has 3 saturated heterocycles. The molecule has 290 valence electrons. The number of fused-ring (bicyclic) bond motifs is 2. The number of amides is 5. The Hall–Kier alpha value is -2.69. The minimum Gasteiger partial charge on any atom is -0.724 e. The fourth-order valence-corrected chi connectivity index (χ4v) is 7.12. The first-order valence-corrected chi connectivity index (χ1v) is 20.0. The predicted octanol–water partition coefficient (Wildman–Crippen LogP) is 4.44. The first-order chi connectivity index (χ1) is 23.5. The van der Waals surface area contributed by atoms with Crippen LogP contribution in [-0.4, -0.2) is 120 Å². The monoisotopic (exact) mass is 732 g/mol. The number of hydrogen-bond acceptors (Lipinski definition) is 9. The van der Waals surface area contributed by atoms with Crippen LogP contribution in [0.3, 0.4) is 0 Å². The third-order valence-electron chi connectivity index (χ3n) is 9.49. The molecule has 5 amide bonds. The normalized spacial score (nSPS) is 21.0. The number of unbranched alkanes of at least 4 members (excludes halogenated alkanes) is 4. The van der Waals surface area contributed by atoms with E-state index in [1.165, 1.54) is 86.9 Å². The van der Waals surface area contributed by atoms with Crippen LogP contribution in [0.25, 0.3) is 0 Å². The lowest BCUT2D eigenvalue weighted by Gasteiger charge is -2.39. The van der Waals surface area contributed by atoms with Crippen LogP contribution >= 0.6 is 0 Å². The van der Waals surface area contributed by atoms with Gasteiger partial charge in [-0.1, -0.05) is 53.4 Å². The molecule has 0 aromatic rings. The molecule has 3 rings (SSSR count). The summed E-state index contributed by atoms with van der Waals surface area (Å²) in [6.45, 7) is 20.9. The molecule has 3 atom stereocenters. The van der Waals surface area contributed by atoms with Gasteiger partial charge in [-0.05, 0) is 72.1 Å². The molecule has 3 aliphatic rings. The summed E-state index contributed by atoms with van der Waals surface area (Å²) in [6, 6.07) is -2.55. The maximum Gasteiger partial charge on any atom is 0.410 e. The Morgan fingerprint density at radius 2 is 1.36 bits per heavy atom. The van der Waals surface area contributed by atoms with Crippen LogP contribution in [0.5, 0.6) is 0 Å². The molecule has 0 spiro atoms. The summed E-state index contributed by atoms with van der Waals surface area (Å²) < 4.78 is 43.5. The summed E-state index contributed by atoms with van der Waals surface area (Å²) in [5, 5.41) is 0.474. The fraction of sp³-hybridized carbons (Fsp3) is 0.882. The van der Waals surface area contributed by atoms with E-state index in [2.05, 4.69) is 42.8 Å². The summed E-state index contributed by atoms with van der Waals surface area (Å²) >= 11 is 0. The zero-order valence-corrected chi connectivity index (χ0v) is 32.4. The predicted molar refractivity (Wildman–Crippen MR) is 188 cm³/mol. The lowest BCUT2D eigenvalue weighted by Crippen LogP contribution is -2.56. The lowest BCUT2D eigenvalue weighted by molar-refractivity contribution is -0.929. The Bertz CT molecular complexity index is 1170. The number of hydrogen-bond donors (Lipinski definition) is 2. The van der Waals surface area contributed by atoms with Crippen LogP contribution in [0.4, 0.5) is 9.59 Å². The molecule has 0 aliphatic carbocycles. The van der Waals surface area contributed by atoms with Crippen molar-refractivity contribution in [1.29, 1.82) is 0 Å². The summed E-state index contributed by atoms with van der Waals surface area (Å²) in [7, 11) is -5.14. The van der Waals surface area contributed by atoms with E-state index in [0.29, 0.717) is 24.4 Å². The summed E-state index contributed by atoms with van der Waals surface area (Å²) in [4.78, 5) is 52.3. The largest absolute Gasteiger partial charge is 0.724 e. The van der Waals surface area contributed by atoms with Gasteiger partial charge >= 0.3 is 12.1 Å². The average molecular weight is 733 g/mol. The van der Waals surface area contributed by atoms with Crippen molar-refractivity contribution in [3.8, 4) is 0 Å². The average Bonchev–Trinajstić information content (AvgIpc) is 3.29. The molecular weight excluding hydrogens is 668 g/mol. The van der Waals surface area contributed by atoms with Crippen LogP contribution < -0.4 is 10.9 Å². The van der Waals surface area contributed by atoms with Crippen molar-refractivity contribution in [3.63, 3.8) is 0 Å². The lowest BCUT2D eigenvalue weighted by atomic mass is 9.97. The van der Waals surface area contributed by atoms with Gasteiger partial charge in [-0.25, -0.2) is 18.0 Å². The third kappa shape index (κ3) is 14.1. The van der Waals surface area contributed by atoms with Gasteiger partial charge in [0.1, 0.15) is 11.6 Å². The molecular formula is C34H64N6O9S. The van der Waals surface area contributed by atoms with Crippen LogP contribution in [-0.2, 0) is 29.0 Å². The molecule has 0 saturated carbocycles. The van der Waals surface area contributed by atoms with Crippen LogP contribution in [0, 0.1) is 5.92 Å². The Balaban J connectivity index is 0.000000432. The molecule has 0 radical (unpaired) electrons. The van der Waals surface area contributed by atoms with E-state index >= 15 is 0 Å². The Labute approximate surface area is 300 Å². The van der Waals surface area contributed by atoms with Crippen LogP contribution in [0.2, 0.25) is 0 Å². The summed E-state index contributed by atoms with van der Waals surface area (Å²) in [5.41, 5.74) is 3.96. The minimum absolute atomic E-state index is 0.00780. The van der Waals surface area contributed by atoms with Crippen molar-refractivity contribution in [2.75, 3.05) is 45.8 Å². The second-order valence-corrected chi connectivity index (χ2v) is 15.9. The van der Waals surface area contributed by atoms with E-state index in [0.717, 1.165) is 4.90 Å². The van der Waals surface area contributed by atoms with Crippen molar-refractivity contribution >= 4 is 34.3 Å². The fourth-order valence-electron chi connectivity index (χ4n) is 6.74. The molecule has 2 bridgehead atoms. The first kappa shape index (κ1) is 43.5. The zero-order valence-electron chi connectivity index (χ0n) is 31.5. The standard InChI is InChI=1S/C18H29N5O9S.C16H36N/c1-18(2,3)31-17(27)21-8-4-5-11(9-21)14(24)19-20-15(25)13-7-6-12-10-22(13)16(26)23(12)32-33(28,29)30;1-5-9-13-17(14-10-6-2,15-11-7-3)16-12-8-4/h11-13H,4-10H2,1-3H3,(H,19,24)(H,20,25)(H,28,29,30);5-16H2,1-4H3/q;+1/p-1/t11-,12-,13+;/m1./s1. The SMILES string of the molecule is CC(C)(C)OC(=O)N1CCC[C@@H](C(=O)NNC(=O)[C@@H]2CC[C@@H]3CN2C(=O)N3OS(=O)(=O)[O-])C1.CCCC[N+](CCCC)(CCCC)CCCC. The van der Waals surface area contributed by atoms with E-state index in [-0.39, 0.29) is 25.9 Å². The van der Waals surface area contributed by atoms with Crippen molar-refractivity contribution in [2.45, 2.75) is 143 Å².